The van der Waals surface area contributed by atoms with Crippen LogP contribution in [0.4, 0.5) is 13.2 Å². The Morgan fingerprint density at radius 3 is 2.29 bits per heavy atom. The summed E-state index contributed by atoms with van der Waals surface area (Å²) in [7, 11) is 0. The maximum Gasteiger partial charge on any atom is 0.414 e. The van der Waals surface area contributed by atoms with Crippen LogP contribution in [-0.2, 0) is 11.2 Å². The molecule has 0 aromatic heterocycles. The first-order valence-electron chi connectivity index (χ1n) is 9.46. The minimum absolute atomic E-state index is 0.0351. The fraction of sp³-hybridized carbons (Fsp3) is 0.409. The quantitative estimate of drug-likeness (QED) is 0.485. The van der Waals surface area contributed by atoms with E-state index >= 15 is 0 Å². The zero-order valence-corrected chi connectivity index (χ0v) is 15.7. The SMILES string of the molecule is CCCc1ccc(C(=O)Oc2ccc(C3CCC(C(F)(F)F)OC3)cc2)cc1. The minimum Gasteiger partial charge on any atom is -0.423 e. The fourth-order valence-electron chi connectivity index (χ4n) is 3.34. The molecule has 2 aromatic carbocycles. The molecule has 150 valence electrons. The molecular weight excluding hydrogens is 369 g/mol. The number of aryl methyl sites for hydroxylation is 1. The summed E-state index contributed by atoms with van der Waals surface area (Å²) in [5, 5.41) is 0. The second-order valence-corrected chi connectivity index (χ2v) is 7.04. The number of esters is 1. The molecule has 1 aliphatic heterocycles. The zero-order valence-electron chi connectivity index (χ0n) is 15.7. The van der Waals surface area contributed by atoms with Gasteiger partial charge in [0.05, 0.1) is 12.2 Å². The molecule has 1 aliphatic rings. The van der Waals surface area contributed by atoms with Gasteiger partial charge in [0.1, 0.15) is 5.75 Å². The van der Waals surface area contributed by atoms with Gasteiger partial charge >= 0.3 is 12.1 Å². The van der Waals surface area contributed by atoms with Gasteiger partial charge < -0.3 is 9.47 Å². The number of carbonyl (C=O) groups excluding carboxylic acids is 1. The van der Waals surface area contributed by atoms with Crippen molar-refractivity contribution in [3.05, 3.63) is 65.2 Å². The number of hydrogen-bond donors (Lipinski definition) is 0. The largest absolute Gasteiger partial charge is 0.423 e. The van der Waals surface area contributed by atoms with Gasteiger partial charge in [0, 0.05) is 5.92 Å². The van der Waals surface area contributed by atoms with E-state index in [0.29, 0.717) is 17.7 Å². The topological polar surface area (TPSA) is 35.5 Å². The number of hydrogen-bond acceptors (Lipinski definition) is 3. The molecule has 28 heavy (non-hydrogen) atoms. The number of rotatable bonds is 5. The summed E-state index contributed by atoms with van der Waals surface area (Å²) in [5.74, 6) is -0.129. The average Bonchev–Trinajstić information content (AvgIpc) is 2.69. The molecule has 0 bridgehead atoms. The van der Waals surface area contributed by atoms with Crippen LogP contribution in [0.1, 0.15) is 53.6 Å². The highest BCUT2D eigenvalue weighted by molar-refractivity contribution is 5.91. The molecule has 0 radical (unpaired) electrons. The molecule has 1 heterocycles. The Morgan fingerprint density at radius 1 is 1.07 bits per heavy atom. The first-order chi connectivity index (χ1) is 13.4. The number of alkyl halides is 3. The van der Waals surface area contributed by atoms with Crippen molar-refractivity contribution in [2.24, 2.45) is 0 Å². The Balaban J connectivity index is 1.56. The average molecular weight is 392 g/mol. The lowest BCUT2D eigenvalue weighted by Gasteiger charge is -2.30. The molecule has 0 aliphatic carbocycles. The van der Waals surface area contributed by atoms with Gasteiger partial charge in [0.25, 0.3) is 0 Å². The lowest BCUT2D eigenvalue weighted by Crippen LogP contribution is -2.36. The maximum absolute atomic E-state index is 12.7. The van der Waals surface area contributed by atoms with E-state index in [4.69, 9.17) is 9.47 Å². The Labute approximate surface area is 162 Å². The summed E-state index contributed by atoms with van der Waals surface area (Å²) >= 11 is 0. The van der Waals surface area contributed by atoms with Crippen molar-refractivity contribution < 1.29 is 27.4 Å². The van der Waals surface area contributed by atoms with E-state index in [-0.39, 0.29) is 18.9 Å². The molecule has 0 saturated carbocycles. The second-order valence-electron chi connectivity index (χ2n) is 7.04. The van der Waals surface area contributed by atoms with Gasteiger partial charge in [-0.05, 0) is 54.7 Å². The van der Waals surface area contributed by atoms with E-state index in [9.17, 15) is 18.0 Å². The van der Waals surface area contributed by atoms with Crippen molar-refractivity contribution in [1.29, 1.82) is 0 Å². The Hall–Kier alpha value is -2.34. The van der Waals surface area contributed by atoms with Crippen LogP contribution in [0.3, 0.4) is 0 Å². The van der Waals surface area contributed by atoms with E-state index in [0.717, 1.165) is 18.4 Å². The predicted octanol–water partition coefficient (Wildman–Crippen LogP) is 5.68. The van der Waals surface area contributed by atoms with E-state index in [1.54, 1.807) is 36.4 Å². The van der Waals surface area contributed by atoms with E-state index < -0.39 is 18.2 Å². The molecule has 0 N–H and O–H groups in total. The first-order valence-corrected chi connectivity index (χ1v) is 9.46. The lowest BCUT2D eigenvalue weighted by molar-refractivity contribution is -0.232. The van der Waals surface area contributed by atoms with Crippen LogP contribution < -0.4 is 4.74 Å². The summed E-state index contributed by atoms with van der Waals surface area (Å²) in [5.41, 5.74) is 2.53. The molecule has 2 unspecified atom stereocenters. The highest BCUT2D eigenvalue weighted by Gasteiger charge is 2.43. The second kappa shape index (κ2) is 8.78. The number of carbonyl (C=O) groups is 1. The van der Waals surface area contributed by atoms with Gasteiger partial charge in [-0.2, -0.15) is 13.2 Å². The molecule has 2 aromatic rings. The summed E-state index contributed by atoms with van der Waals surface area (Å²) in [6.45, 7) is 2.13. The molecule has 1 fully saturated rings. The van der Waals surface area contributed by atoms with Crippen LogP contribution in [0.15, 0.2) is 48.5 Å². The summed E-state index contributed by atoms with van der Waals surface area (Å²) < 4.78 is 48.4. The standard InChI is InChI=1S/C22H23F3O3/c1-2-3-15-4-6-17(7-5-15)21(26)28-19-11-8-16(9-12-19)18-10-13-20(27-14-18)22(23,24)25/h4-9,11-12,18,20H,2-3,10,13-14H2,1H3. The van der Waals surface area contributed by atoms with Crippen molar-refractivity contribution in [3.8, 4) is 5.75 Å². The van der Waals surface area contributed by atoms with Gasteiger partial charge in [-0.15, -0.1) is 0 Å². The van der Waals surface area contributed by atoms with Crippen LogP contribution in [0.25, 0.3) is 0 Å². The molecule has 3 rings (SSSR count). The van der Waals surface area contributed by atoms with Crippen molar-refractivity contribution in [1.82, 2.24) is 0 Å². The molecule has 1 saturated heterocycles. The van der Waals surface area contributed by atoms with Crippen molar-refractivity contribution in [3.63, 3.8) is 0 Å². The lowest BCUT2D eigenvalue weighted by atomic mass is 9.91. The highest BCUT2D eigenvalue weighted by Crippen LogP contribution is 2.35. The van der Waals surface area contributed by atoms with Crippen LogP contribution in [0, 0.1) is 0 Å². The molecule has 3 nitrogen and oxygen atoms in total. The van der Waals surface area contributed by atoms with Gasteiger partial charge in [0.2, 0.25) is 0 Å². The summed E-state index contributed by atoms with van der Waals surface area (Å²) in [6, 6.07) is 14.2. The minimum atomic E-state index is -4.31. The third-order valence-electron chi connectivity index (χ3n) is 4.93. The molecular formula is C22H23F3O3. The van der Waals surface area contributed by atoms with E-state index in [1.807, 2.05) is 12.1 Å². The predicted molar refractivity (Wildman–Crippen MR) is 99.6 cm³/mol. The first kappa shape index (κ1) is 20.4. The summed E-state index contributed by atoms with van der Waals surface area (Å²) in [4.78, 5) is 12.3. The number of benzene rings is 2. The number of ether oxygens (including phenoxy) is 2. The maximum atomic E-state index is 12.7. The normalized spacial score (nSPS) is 20.0. The van der Waals surface area contributed by atoms with Crippen molar-refractivity contribution in [2.75, 3.05) is 6.61 Å². The van der Waals surface area contributed by atoms with Crippen LogP contribution in [-0.4, -0.2) is 24.9 Å². The van der Waals surface area contributed by atoms with Gasteiger partial charge in [-0.25, -0.2) is 4.79 Å². The van der Waals surface area contributed by atoms with Crippen LogP contribution >= 0.6 is 0 Å². The molecule has 0 spiro atoms. The number of halogens is 3. The van der Waals surface area contributed by atoms with Crippen LogP contribution in [0.2, 0.25) is 0 Å². The van der Waals surface area contributed by atoms with Crippen molar-refractivity contribution >= 4 is 5.97 Å². The highest BCUT2D eigenvalue weighted by atomic mass is 19.4. The van der Waals surface area contributed by atoms with Gasteiger partial charge in [0.15, 0.2) is 6.10 Å². The molecule has 0 amide bonds. The Morgan fingerprint density at radius 2 is 1.75 bits per heavy atom. The van der Waals surface area contributed by atoms with Gasteiger partial charge in [-0.3, -0.25) is 0 Å². The smallest absolute Gasteiger partial charge is 0.414 e. The molecule has 6 heteroatoms. The fourth-order valence-corrected chi connectivity index (χ4v) is 3.34. The Kier molecular flexibility index (Phi) is 6.39. The third kappa shape index (κ3) is 5.13. The summed E-state index contributed by atoms with van der Waals surface area (Å²) in [6.07, 6.45) is -3.61. The zero-order chi connectivity index (χ0) is 20.1. The van der Waals surface area contributed by atoms with Crippen molar-refractivity contribution in [2.45, 2.75) is 50.8 Å². The van der Waals surface area contributed by atoms with E-state index in [1.165, 1.54) is 5.56 Å². The monoisotopic (exact) mass is 392 g/mol. The van der Waals surface area contributed by atoms with Gasteiger partial charge in [-0.1, -0.05) is 37.6 Å². The third-order valence-corrected chi connectivity index (χ3v) is 4.93. The molecule has 2 atom stereocenters. The van der Waals surface area contributed by atoms with Crippen LogP contribution in [0.5, 0.6) is 5.75 Å². The van der Waals surface area contributed by atoms with E-state index in [2.05, 4.69) is 6.92 Å². The Bertz CT molecular complexity index is 774.